The molecule has 84 valence electrons. The van der Waals surface area contributed by atoms with E-state index in [1.54, 1.807) is 6.92 Å². The van der Waals surface area contributed by atoms with Crippen LogP contribution in [0.1, 0.15) is 41.0 Å². The van der Waals surface area contributed by atoms with Crippen LogP contribution in [0.3, 0.4) is 0 Å². The Kier molecular flexibility index (Phi) is 4.59. The zero-order chi connectivity index (χ0) is 11.5. The van der Waals surface area contributed by atoms with Crippen LogP contribution in [0.15, 0.2) is 0 Å². The van der Waals surface area contributed by atoms with Gasteiger partial charge in [0, 0.05) is 6.04 Å². The van der Waals surface area contributed by atoms with Gasteiger partial charge in [0.05, 0.1) is 5.92 Å². The van der Waals surface area contributed by atoms with Crippen molar-refractivity contribution >= 4 is 5.97 Å². The molecule has 3 atom stereocenters. The normalized spacial score (nSPS) is 18.7. The van der Waals surface area contributed by atoms with Gasteiger partial charge in [0.1, 0.15) is 0 Å². The predicted octanol–water partition coefficient (Wildman–Crippen LogP) is 2.11. The Morgan fingerprint density at radius 1 is 1.36 bits per heavy atom. The van der Waals surface area contributed by atoms with Crippen LogP contribution >= 0.6 is 0 Å². The van der Waals surface area contributed by atoms with Gasteiger partial charge in [0.2, 0.25) is 0 Å². The van der Waals surface area contributed by atoms with Crippen molar-refractivity contribution in [1.82, 2.24) is 0 Å². The number of carboxylic acid groups (broad SMARTS) is 1. The van der Waals surface area contributed by atoms with Crippen molar-refractivity contribution in [1.29, 1.82) is 0 Å². The van der Waals surface area contributed by atoms with Crippen LogP contribution in [-0.4, -0.2) is 17.1 Å². The summed E-state index contributed by atoms with van der Waals surface area (Å²) in [6.07, 6.45) is 0.761. The van der Waals surface area contributed by atoms with Gasteiger partial charge in [-0.2, -0.15) is 0 Å². The maximum Gasteiger partial charge on any atom is 0.307 e. The molecule has 3 heteroatoms. The number of nitrogens with two attached hydrogens (primary N) is 1. The van der Waals surface area contributed by atoms with E-state index in [2.05, 4.69) is 27.7 Å². The lowest BCUT2D eigenvalue weighted by molar-refractivity contribution is -0.142. The summed E-state index contributed by atoms with van der Waals surface area (Å²) in [5, 5.41) is 8.79. The van der Waals surface area contributed by atoms with E-state index in [-0.39, 0.29) is 11.5 Å². The molecule has 0 aliphatic heterocycles. The molecule has 0 aliphatic rings. The molecule has 3 unspecified atom stereocenters. The van der Waals surface area contributed by atoms with E-state index >= 15 is 0 Å². The predicted molar refractivity (Wildman–Crippen MR) is 58.0 cm³/mol. The molecule has 3 N–H and O–H groups in total. The van der Waals surface area contributed by atoms with Gasteiger partial charge in [-0.15, -0.1) is 0 Å². The third-order valence-corrected chi connectivity index (χ3v) is 3.14. The summed E-state index contributed by atoms with van der Waals surface area (Å²) >= 11 is 0. The molecule has 0 fully saturated rings. The van der Waals surface area contributed by atoms with E-state index in [4.69, 9.17) is 10.8 Å². The van der Waals surface area contributed by atoms with Crippen molar-refractivity contribution in [3.63, 3.8) is 0 Å². The minimum Gasteiger partial charge on any atom is -0.481 e. The highest BCUT2D eigenvalue weighted by molar-refractivity contribution is 5.70. The fraction of sp³-hybridized carbons (Fsp3) is 0.909. The lowest BCUT2D eigenvalue weighted by atomic mass is 9.77. The topological polar surface area (TPSA) is 63.3 Å². The number of hydrogen-bond acceptors (Lipinski definition) is 2. The standard InChI is InChI=1S/C11H23NO2/c1-7(11(3,4)5)6-9(12)8(2)10(13)14/h7-9H,6,12H2,1-5H3,(H,13,14). The quantitative estimate of drug-likeness (QED) is 0.732. The molecule has 0 heterocycles. The maximum absolute atomic E-state index is 10.7. The molecule has 0 aromatic carbocycles. The van der Waals surface area contributed by atoms with E-state index in [1.165, 1.54) is 0 Å². The molecule has 3 nitrogen and oxygen atoms in total. The van der Waals surface area contributed by atoms with Crippen LogP contribution < -0.4 is 5.73 Å². The van der Waals surface area contributed by atoms with Gasteiger partial charge in [-0.25, -0.2) is 0 Å². The van der Waals surface area contributed by atoms with Gasteiger partial charge >= 0.3 is 5.97 Å². The highest BCUT2D eigenvalue weighted by Crippen LogP contribution is 2.29. The lowest BCUT2D eigenvalue weighted by Gasteiger charge is -2.30. The van der Waals surface area contributed by atoms with Crippen molar-refractivity contribution < 1.29 is 9.90 Å². The zero-order valence-electron chi connectivity index (χ0n) is 9.87. The molecule has 0 bridgehead atoms. The first kappa shape index (κ1) is 13.4. The average molecular weight is 201 g/mol. The fourth-order valence-corrected chi connectivity index (χ4v) is 1.15. The Morgan fingerprint density at radius 2 is 1.79 bits per heavy atom. The van der Waals surface area contributed by atoms with Crippen LogP contribution in [0.4, 0.5) is 0 Å². The Bertz CT molecular complexity index is 196. The third kappa shape index (κ3) is 4.09. The van der Waals surface area contributed by atoms with E-state index in [0.717, 1.165) is 6.42 Å². The molecule has 0 saturated carbocycles. The van der Waals surface area contributed by atoms with Gasteiger partial charge in [-0.1, -0.05) is 34.6 Å². The lowest BCUT2D eigenvalue weighted by Crippen LogP contribution is -2.37. The van der Waals surface area contributed by atoms with Crippen molar-refractivity contribution in [2.75, 3.05) is 0 Å². The zero-order valence-corrected chi connectivity index (χ0v) is 9.87. The van der Waals surface area contributed by atoms with Crippen molar-refractivity contribution in [2.45, 2.75) is 47.1 Å². The van der Waals surface area contributed by atoms with Gasteiger partial charge in [0.25, 0.3) is 0 Å². The maximum atomic E-state index is 10.7. The second-order valence-corrected chi connectivity index (χ2v) is 5.29. The van der Waals surface area contributed by atoms with Crippen molar-refractivity contribution in [3.8, 4) is 0 Å². The second kappa shape index (κ2) is 4.78. The molecule has 0 aromatic rings. The third-order valence-electron chi connectivity index (χ3n) is 3.14. The van der Waals surface area contributed by atoms with Gasteiger partial charge in [-0.3, -0.25) is 4.79 Å². The fourth-order valence-electron chi connectivity index (χ4n) is 1.15. The van der Waals surface area contributed by atoms with Gasteiger partial charge < -0.3 is 10.8 Å². The first-order valence-electron chi connectivity index (χ1n) is 5.14. The number of carboxylic acids is 1. The summed E-state index contributed by atoms with van der Waals surface area (Å²) in [5.74, 6) is -0.835. The first-order chi connectivity index (χ1) is 6.16. The van der Waals surface area contributed by atoms with Crippen LogP contribution in [0, 0.1) is 17.3 Å². The molecule has 0 aliphatic carbocycles. The summed E-state index contributed by atoms with van der Waals surface area (Å²) in [5.41, 5.74) is 6.03. The number of carbonyl (C=O) groups is 1. The summed E-state index contributed by atoms with van der Waals surface area (Å²) in [4.78, 5) is 10.7. The van der Waals surface area contributed by atoms with Gasteiger partial charge in [-0.05, 0) is 17.8 Å². The average Bonchev–Trinajstić information content (AvgIpc) is 2.00. The molecule has 14 heavy (non-hydrogen) atoms. The molecule has 0 radical (unpaired) electrons. The molecular weight excluding hydrogens is 178 g/mol. The minimum atomic E-state index is -0.807. The van der Waals surface area contributed by atoms with E-state index in [0.29, 0.717) is 5.92 Å². The molecule has 0 amide bonds. The van der Waals surface area contributed by atoms with E-state index in [9.17, 15) is 4.79 Å². The summed E-state index contributed by atoms with van der Waals surface area (Å²) in [6, 6.07) is -0.248. The minimum absolute atomic E-state index is 0.190. The SMILES string of the molecule is CC(C(=O)O)C(N)CC(C)C(C)(C)C. The highest BCUT2D eigenvalue weighted by atomic mass is 16.4. The Labute approximate surface area is 86.7 Å². The van der Waals surface area contributed by atoms with Crippen molar-refractivity contribution in [3.05, 3.63) is 0 Å². The Balaban J connectivity index is 4.19. The second-order valence-electron chi connectivity index (χ2n) is 5.29. The molecule has 0 rings (SSSR count). The van der Waals surface area contributed by atoms with E-state index < -0.39 is 11.9 Å². The molecular formula is C11H23NO2. The first-order valence-corrected chi connectivity index (χ1v) is 5.14. The number of aliphatic carboxylic acids is 1. The summed E-state index contributed by atoms with van der Waals surface area (Å²) < 4.78 is 0. The highest BCUT2D eigenvalue weighted by Gasteiger charge is 2.27. The largest absolute Gasteiger partial charge is 0.481 e. The van der Waals surface area contributed by atoms with Gasteiger partial charge in [0.15, 0.2) is 0 Å². The molecule has 0 spiro atoms. The van der Waals surface area contributed by atoms with E-state index in [1.807, 2.05) is 0 Å². The van der Waals surface area contributed by atoms with Crippen LogP contribution in [0.5, 0.6) is 0 Å². The van der Waals surface area contributed by atoms with Crippen LogP contribution in [-0.2, 0) is 4.79 Å². The molecule has 0 saturated heterocycles. The van der Waals surface area contributed by atoms with Crippen LogP contribution in [0.25, 0.3) is 0 Å². The smallest absolute Gasteiger partial charge is 0.307 e. The van der Waals surface area contributed by atoms with Crippen LogP contribution in [0.2, 0.25) is 0 Å². The Morgan fingerprint density at radius 3 is 2.07 bits per heavy atom. The monoisotopic (exact) mass is 201 g/mol. The number of rotatable bonds is 4. The molecule has 0 aromatic heterocycles. The number of hydrogen-bond donors (Lipinski definition) is 2. The summed E-state index contributed by atoms with van der Waals surface area (Å²) in [7, 11) is 0. The van der Waals surface area contributed by atoms with Crippen molar-refractivity contribution in [2.24, 2.45) is 23.0 Å². The summed E-state index contributed by atoms with van der Waals surface area (Å²) in [6.45, 7) is 10.2. The Hall–Kier alpha value is -0.570.